The number of hydrogen-bond donors (Lipinski definition) is 0. The van der Waals surface area contributed by atoms with E-state index in [9.17, 15) is 0 Å². The molecule has 0 bridgehead atoms. The molecule has 1 aliphatic rings. The molecular formula is C15H20Cl2Zr. The summed E-state index contributed by atoms with van der Waals surface area (Å²) >= 11 is 0. The van der Waals surface area contributed by atoms with Crippen LogP contribution in [-0.4, -0.2) is 0 Å². The van der Waals surface area contributed by atoms with Crippen LogP contribution in [0.25, 0.3) is 0 Å². The third kappa shape index (κ3) is 10.2. The minimum Gasteiger partial charge on any atom is -1.00 e. The molecule has 0 aromatic heterocycles. The number of hydrogen-bond acceptors (Lipinski definition) is 0. The van der Waals surface area contributed by atoms with Crippen molar-refractivity contribution >= 4 is 0 Å². The van der Waals surface area contributed by atoms with Gasteiger partial charge in [-0.15, -0.1) is 6.42 Å². The van der Waals surface area contributed by atoms with Gasteiger partial charge in [0.1, 0.15) is 0 Å². The maximum Gasteiger partial charge on any atom is 4.00 e. The molecule has 0 saturated carbocycles. The smallest absolute Gasteiger partial charge is 1.00 e. The molecule has 0 saturated heterocycles. The Morgan fingerprint density at radius 2 is 2.06 bits per heavy atom. The standard InChI is InChI=1S/C10H15.C5H5.2ClH.Zr/c1-3-4-7-10-8-5-6-9(10)2;1-2-4-5-3-1;;;/h5-6,8H,3-4,7H2,1-2H3;1-3H,4H2;2*1H;/q2*-1;;;+4/p-2. The van der Waals surface area contributed by atoms with E-state index in [0.29, 0.717) is 0 Å². The maximum absolute atomic E-state index is 2.99. The van der Waals surface area contributed by atoms with Gasteiger partial charge in [-0.05, 0) is 0 Å². The Hall–Kier alpha value is 0.293. The second-order valence-electron chi connectivity index (χ2n) is 3.84. The summed E-state index contributed by atoms with van der Waals surface area (Å²) < 4.78 is 0. The SMILES string of the molecule is CCCCc1ccc[c-]1C.[C-]1=CC=CC1.[Cl-].[Cl-].[Zr+4]. The number of aryl methyl sites for hydroxylation is 2. The van der Waals surface area contributed by atoms with Crippen LogP contribution < -0.4 is 24.8 Å². The summed E-state index contributed by atoms with van der Waals surface area (Å²) in [5.41, 5.74) is 2.98. The number of unbranched alkanes of at least 4 members (excludes halogenated alkanes) is 1. The van der Waals surface area contributed by atoms with Gasteiger partial charge in [-0.25, -0.2) is 24.3 Å². The zero-order chi connectivity index (χ0) is 10.9. The second kappa shape index (κ2) is 15.4. The van der Waals surface area contributed by atoms with Gasteiger partial charge in [0.2, 0.25) is 0 Å². The van der Waals surface area contributed by atoms with Crippen LogP contribution in [0.4, 0.5) is 0 Å². The average Bonchev–Trinajstić information content (AvgIpc) is 2.89. The molecule has 0 unspecified atom stereocenters. The van der Waals surface area contributed by atoms with E-state index in [1.807, 2.05) is 12.2 Å². The molecule has 1 aliphatic carbocycles. The third-order valence-electron chi connectivity index (χ3n) is 2.54. The monoisotopic (exact) mass is 360 g/mol. The van der Waals surface area contributed by atoms with E-state index in [-0.39, 0.29) is 51.0 Å². The molecule has 18 heavy (non-hydrogen) atoms. The van der Waals surface area contributed by atoms with Gasteiger partial charge < -0.3 is 24.8 Å². The Labute approximate surface area is 143 Å². The molecule has 0 atom stereocenters. The first-order chi connectivity index (χ1) is 7.34. The zero-order valence-corrected chi connectivity index (χ0v) is 15.0. The normalized spacial score (nSPS) is 10.6. The maximum atomic E-state index is 2.99. The molecule has 0 heterocycles. The predicted molar refractivity (Wildman–Crippen MR) is 67.0 cm³/mol. The van der Waals surface area contributed by atoms with Gasteiger partial charge in [-0.2, -0.15) is 23.3 Å². The minimum absolute atomic E-state index is 0. The van der Waals surface area contributed by atoms with Crippen LogP contribution in [0.1, 0.15) is 37.3 Å². The summed E-state index contributed by atoms with van der Waals surface area (Å²) in [5.74, 6) is 0. The van der Waals surface area contributed by atoms with Crippen molar-refractivity contribution in [3.63, 3.8) is 0 Å². The van der Waals surface area contributed by atoms with Crippen LogP contribution in [0, 0.1) is 13.0 Å². The Balaban J connectivity index is -0.000000245. The van der Waals surface area contributed by atoms with Gasteiger partial charge in [-0.3, -0.25) is 6.08 Å². The zero-order valence-electron chi connectivity index (χ0n) is 11.0. The summed E-state index contributed by atoms with van der Waals surface area (Å²) in [7, 11) is 0. The predicted octanol–water partition coefficient (Wildman–Crippen LogP) is -1.63. The first-order valence-electron chi connectivity index (χ1n) is 5.77. The van der Waals surface area contributed by atoms with Crippen molar-refractivity contribution in [2.24, 2.45) is 0 Å². The molecule has 0 spiro atoms. The Kier molecular flexibility index (Phi) is 19.9. The fourth-order valence-corrected chi connectivity index (χ4v) is 1.54. The van der Waals surface area contributed by atoms with E-state index >= 15 is 0 Å². The molecule has 1 aromatic rings. The van der Waals surface area contributed by atoms with Crippen molar-refractivity contribution in [2.75, 3.05) is 0 Å². The van der Waals surface area contributed by atoms with Crippen LogP contribution in [-0.2, 0) is 32.6 Å². The van der Waals surface area contributed by atoms with E-state index in [4.69, 9.17) is 0 Å². The summed E-state index contributed by atoms with van der Waals surface area (Å²) in [4.78, 5) is 0. The van der Waals surface area contributed by atoms with Crippen molar-refractivity contribution in [3.05, 3.63) is 53.6 Å². The molecule has 0 N–H and O–H groups in total. The molecular weight excluding hydrogens is 342 g/mol. The Morgan fingerprint density at radius 3 is 2.39 bits per heavy atom. The van der Waals surface area contributed by atoms with Crippen LogP contribution in [0.5, 0.6) is 0 Å². The van der Waals surface area contributed by atoms with Gasteiger partial charge in [0, 0.05) is 0 Å². The van der Waals surface area contributed by atoms with E-state index in [2.05, 4.69) is 44.2 Å². The molecule has 0 amide bonds. The quantitative estimate of drug-likeness (QED) is 0.567. The molecule has 0 fully saturated rings. The van der Waals surface area contributed by atoms with Crippen LogP contribution in [0.3, 0.4) is 0 Å². The van der Waals surface area contributed by atoms with Crippen LogP contribution >= 0.6 is 0 Å². The molecule has 98 valence electrons. The van der Waals surface area contributed by atoms with Crippen LogP contribution in [0.2, 0.25) is 0 Å². The van der Waals surface area contributed by atoms with E-state index in [0.717, 1.165) is 6.42 Å². The third-order valence-corrected chi connectivity index (χ3v) is 2.54. The topological polar surface area (TPSA) is 0 Å². The van der Waals surface area contributed by atoms with Gasteiger partial charge >= 0.3 is 26.2 Å². The van der Waals surface area contributed by atoms with Gasteiger partial charge in [-0.1, -0.05) is 33.1 Å². The Bertz CT molecular complexity index is 317. The second-order valence-corrected chi connectivity index (χ2v) is 3.84. The Morgan fingerprint density at radius 1 is 1.33 bits per heavy atom. The fourth-order valence-electron chi connectivity index (χ4n) is 1.54. The van der Waals surface area contributed by atoms with Crippen molar-refractivity contribution in [1.29, 1.82) is 0 Å². The van der Waals surface area contributed by atoms with Crippen molar-refractivity contribution in [2.45, 2.75) is 39.5 Å². The largest absolute Gasteiger partial charge is 4.00 e. The molecule has 3 heteroatoms. The first-order valence-corrected chi connectivity index (χ1v) is 5.77. The molecule has 0 nitrogen and oxygen atoms in total. The molecule has 1 aromatic carbocycles. The minimum atomic E-state index is 0. The average molecular weight is 362 g/mol. The first kappa shape index (κ1) is 23.4. The molecule has 0 radical (unpaired) electrons. The van der Waals surface area contributed by atoms with Crippen molar-refractivity contribution in [1.82, 2.24) is 0 Å². The number of halogens is 2. The van der Waals surface area contributed by atoms with Gasteiger partial charge in [0.15, 0.2) is 0 Å². The van der Waals surface area contributed by atoms with Gasteiger partial charge in [0.25, 0.3) is 0 Å². The van der Waals surface area contributed by atoms with E-state index in [1.165, 1.54) is 30.4 Å². The van der Waals surface area contributed by atoms with Crippen molar-refractivity contribution < 1.29 is 51.0 Å². The van der Waals surface area contributed by atoms with E-state index < -0.39 is 0 Å². The van der Waals surface area contributed by atoms with Crippen LogP contribution in [0.15, 0.2) is 36.4 Å². The summed E-state index contributed by atoms with van der Waals surface area (Å²) in [5, 5.41) is 0. The summed E-state index contributed by atoms with van der Waals surface area (Å²) in [6.07, 6.45) is 13.9. The fraction of sp³-hybridized carbons (Fsp3) is 0.400. The van der Waals surface area contributed by atoms with Gasteiger partial charge in [0.05, 0.1) is 0 Å². The van der Waals surface area contributed by atoms with Crippen molar-refractivity contribution in [3.8, 4) is 0 Å². The number of allylic oxidation sites excluding steroid dienone is 4. The summed E-state index contributed by atoms with van der Waals surface area (Å²) in [6, 6.07) is 6.55. The molecule has 2 rings (SSSR count). The van der Waals surface area contributed by atoms with E-state index in [1.54, 1.807) is 0 Å². The molecule has 0 aliphatic heterocycles. The summed E-state index contributed by atoms with van der Waals surface area (Å²) in [6.45, 7) is 4.42. The number of rotatable bonds is 3.